The van der Waals surface area contributed by atoms with Crippen LogP contribution in [0.3, 0.4) is 0 Å². The van der Waals surface area contributed by atoms with E-state index in [-0.39, 0.29) is 0 Å². The summed E-state index contributed by atoms with van der Waals surface area (Å²) < 4.78 is 1.95. The summed E-state index contributed by atoms with van der Waals surface area (Å²) in [6, 6.07) is 9.82. The molecule has 0 bridgehead atoms. The molecule has 2 aromatic rings. The Morgan fingerprint density at radius 2 is 2.12 bits per heavy atom. The molecule has 0 fully saturated rings. The lowest BCUT2D eigenvalue weighted by Gasteiger charge is -2.11. The van der Waals surface area contributed by atoms with Gasteiger partial charge in [0.2, 0.25) is 0 Å². The van der Waals surface area contributed by atoms with E-state index in [9.17, 15) is 4.79 Å². The Bertz CT molecular complexity index is 500. The van der Waals surface area contributed by atoms with Gasteiger partial charge in [0.15, 0.2) is 0 Å². The Hall–Kier alpha value is -1.90. The standard InChI is InChI=1S/C13H14N2O/c1-10(2)15-13(6-7-14-15)12-5-3-4-11(8-12)9-16/h3-10H,1-2H3. The van der Waals surface area contributed by atoms with Crippen LogP contribution in [0.15, 0.2) is 36.5 Å². The third-order valence-corrected chi connectivity index (χ3v) is 2.48. The molecule has 0 saturated carbocycles. The third kappa shape index (κ3) is 1.89. The summed E-state index contributed by atoms with van der Waals surface area (Å²) in [5.41, 5.74) is 2.75. The quantitative estimate of drug-likeness (QED) is 0.736. The van der Waals surface area contributed by atoms with Crippen LogP contribution in [0.2, 0.25) is 0 Å². The van der Waals surface area contributed by atoms with Crippen LogP contribution in [0.1, 0.15) is 30.2 Å². The summed E-state index contributed by atoms with van der Waals surface area (Å²) in [6.45, 7) is 4.17. The van der Waals surface area contributed by atoms with E-state index in [4.69, 9.17) is 0 Å². The fourth-order valence-corrected chi connectivity index (χ4v) is 1.73. The van der Waals surface area contributed by atoms with Crippen molar-refractivity contribution in [1.82, 2.24) is 9.78 Å². The van der Waals surface area contributed by atoms with Crippen LogP contribution in [-0.4, -0.2) is 16.1 Å². The molecule has 3 nitrogen and oxygen atoms in total. The van der Waals surface area contributed by atoms with Crippen molar-refractivity contribution in [2.24, 2.45) is 0 Å². The monoisotopic (exact) mass is 214 g/mol. The molecule has 0 radical (unpaired) electrons. The summed E-state index contributed by atoms with van der Waals surface area (Å²) in [6.07, 6.45) is 2.64. The van der Waals surface area contributed by atoms with Gasteiger partial charge in [-0.15, -0.1) is 0 Å². The Kier molecular flexibility index (Phi) is 2.86. The number of carbonyl (C=O) groups excluding carboxylic acids is 1. The van der Waals surface area contributed by atoms with Gasteiger partial charge in [-0.2, -0.15) is 5.10 Å². The smallest absolute Gasteiger partial charge is 0.150 e. The summed E-state index contributed by atoms with van der Waals surface area (Å²) in [5, 5.41) is 4.28. The lowest BCUT2D eigenvalue weighted by atomic mass is 10.1. The van der Waals surface area contributed by atoms with E-state index in [0.29, 0.717) is 11.6 Å². The number of rotatable bonds is 3. The first-order valence-corrected chi connectivity index (χ1v) is 5.31. The topological polar surface area (TPSA) is 34.9 Å². The number of benzene rings is 1. The van der Waals surface area contributed by atoms with E-state index in [1.807, 2.05) is 28.9 Å². The number of carbonyl (C=O) groups is 1. The number of nitrogens with zero attached hydrogens (tertiary/aromatic N) is 2. The Labute approximate surface area is 94.7 Å². The lowest BCUT2D eigenvalue weighted by molar-refractivity contribution is 0.112. The second kappa shape index (κ2) is 4.31. The number of hydrogen-bond donors (Lipinski definition) is 0. The predicted octanol–water partition coefficient (Wildman–Crippen LogP) is 2.94. The molecule has 1 aromatic carbocycles. The SMILES string of the molecule is CC(C)n1nccc1-c1cccc(C=O)c1. The molecule has 82 valence electrons. The van der Waals surface area contributed by atoms with Gasteiger partial charge >= 0.3 is 0 Å². The lowest BCUT2D eigenvalue weighted by Crippen LogP contribution is -2.04. The maximum absolute atomic E-state index is 10.7. The largest absolute Gasteiger partial charge is 0.298 e. The molecule has 16 heavy (non-hydrogen) atoms. The molecule has 1 heterocycles. The van der Waals surface area contributed by atoms with E-state index in [1.165, 1.54) is 0 Å². The van der Waals surface area contributed by atoms with Crippen LogP contribution in [0.4, 0.5) is 0 Å². The summed E-state index contributed by atoms with van der Waals surface area (Å²) in [5.74, 6) is 0. The van der Waals surface area contributed by atoms with E-state index >= 15 is 0 Å². The number of aromatic nitrogens is 2. The summed E-state index contributed by atoms with van der Waals surface area (Å²) >= 11 is 0. The summed E-state index contributed by atoms with van der Waals surface area (Å²) in [7, 11) is 0. The number of aldehydes is 1. The van der Waals surface area contributed by atoms with Crippen molar-refractivity contribution >= 4 is 6.29 Å². The zero-order valence-electron chi connectivity index (χ0n) is 9.42. The van der Waals surface area contributed by atoms with Gasteiger partial charge in [-0.1, -0.05) is 18.2 Å². The Morgan fingerprint density at radius 1 is 1.31 bits per heavy atom. The van der Waals surface area contributed by atoms with Crippen molar-refractivity contribution < 1.29 is 4.79 Å². The molecule has 2 rings (SSSR count). The molecule has 0 aliphatic carbocycles. The molecule has 0 aliphatic heterocycles. The van der Waals surface area contributed by atoms with Crippen LogP contribution in [0.25, 0.3) is 11.3 Å². The van der Waals surface area contributed by atoms with E-state index in [0.717, 1.165) is 17.5 Å². The Balaban J connectivity index is 2.49. The molecule has 0 amide bonds. The summed E-state index contributed by atoms with van der Waals surface area (Å²) in [4.78, 5) is 10.7. The van der Waals surface area contributed by atoms with Gasteiger partial charge in [0, 0.05) is 23.4 Å². The highest BCUT2D eigenvalue weighted by molar-refractivity contribution is 5.78. The third-order valence-electron chi connectivity index (χ3n) is 2.48. The minimum absolute atomic E-state index is 0.310. The van der Waals surface area contributed by atoms with Gasteiger partial charge in [0.25, 0.3) is 0 Å². The highest BCUT2D eigenvalue weighted by atomic mass is 16.1. The van der Waals surface area contributed by atoms with Gasteiger partial charge < -0.3 is 0 Å². The van der Waals surface area contributed by atoms with Crippen molar-refractivity contribution in [3.8, 4) is 11.3 Å². The van der Waals surface area contributed by atoms with Gasteiger partial charge in [0.05, 0.1) is 5.69 Å². The van der Waals surface area contributed by atoms with E-state index in [2.05, 4.69) is 18.9 Å². The van der Waals surface area contributed by atoms with Crippen LogP contribution < -0.4 is 0 Å². The highest BCUT2D eigenvalue weighted by Gasteiger charge is 2.08. The molecular weight excluding hydrogens is 200 g/mol. The van der Waals surface area contributed by atoms with E-state index < -0.39 is 0 Å². The van der Waals surface area contributed by atoms with Crippen LogP contribution in [0, 0.1) is 0 Å². The predicted molar refractivity (Wildman–Crippen MR) is 63.4 cm³/mol. The minimum Gasteiger partial charge on any atom is -0.298 e. The minimum atomic E-state index is 0.310. The van der Waals surface area contributed by atoms with Gasteiger partial charge in [-0.3, -0.25) is 9.48 Å². The first kappa shape index (κ1) is 10.6. The molecule has 0 saturated heterocycles. The molecule has 0 unspecified atom stereocenters. The van der Waals surface area contributed by atoms with Crippen molar-refractivity contribution in [3.63, 3.8) is 0 Å². The van der Waals surface area contributed by atoms with Crippen LogP contribution in [-0.2, 0) is 0 Å². The molecule has 0 atom stereocenters. The van der Waals surface area contributed by atoms with Crippen molar-refractivity contribution in [2.75, 3.05) is 0 Å². The molecule has 0 N–H and O–H groups in total. The first-order valence-electron chi connectivity index (χ1n) is 5.31. The second-order valence-corrected chi connectivity index (χ2v) is 4.00. The average Bonchev–Trinajstić information content (AvgIpc) is 2.78. The van der Waals surface area contributed by atoms with Gasteiger partial charge in [0.1, 0.15) is 6.29 Å². The fourth-order valence-electron chi connectivity index (χ4n) is 1.73. The number of hydrogen-bond acceptors (Lipinski definition) is 2. The van der Waals surface area contributed by atoms with Gasteiger partial charge in [-0.25, -0.2) is 0 Å². The zero-order chi connectivity index (χ0) is 11.5. The van der Waals surface area contributed by atoms with Crippen molar-refractivity contribution in [3.05, 3.63) is 42.1 Å². The molecule has 0 aliphatic rings. The molecule has 1 aromatic heterocycles. The fraction of sp³-hybridized carbons (Fsp3) is 0.231. The van der Waals surface area contributed by atoms with Crippen LogP contribution in [0.5, 0.6) is 0 Å². The maximum atomic E-state index is 10.7. The van der Waals surface area contributed by atoms with Crippen molar-refractivity contribution in [2.45, 2.75) is 19.9 Å². The maximum Gasteiger partial charge on any atom is 0.150 e. The molecule has 3 heteroatoms. The first-order chi connectivity index (χ1) is 7.72. The normalized spacial score (nSPS) is 10.7. The van der Waals surface area contributed by atoms with E-state index in [1.54, 1.807) is 12.3 Å². The van der Waals surface area contributed by atoms with Gasteiger partial charge in [-0.05, 0) is 26.0 Å². The Morgan fingerprint density at radius 3 is 2.81 bits per heavy atom. The van der Waals surface area contributed by atoms with Crippen LogP contribution >= 0.6 is 0 Å². The average molecular weight is 214 g/mol. The molecular formula is C13H14N2O. The van der Waals surface area contributed by atoms with Crippen molar-refractivity contribution in [1.29, 1.82) is 0 Å². The highest BCUT2D eigenvalue weighted by Crippen LogP contribution is 2.22. The molecule has 0 spiro atoms. The zero-order valence-corrected chi connectivity index (χ0v) is 9.42. The second-order valence-electron chi connectivity index (χ2n) is 4.00.